The maximum absolute atomic E-state index is 9.02. The van der Waals surface area contributed by atoms with Crippen molar-refractivity contribution < 1.29 is 9.84 Å². The number of aliphatic hydroxyl groups excluding tert-OH is 1. The van der Waals surface area contributed by atoms with E-state index in [1.807, 2.05) is 0 Å². The zero-order valence-corrected chi connectivity index (χ0v) is 6.60. The average molecular weight is 144 g/mol. The van der Waals surface area contributed by atoms with Gasteiger partial charge in [-0.2, -0.15) is 0 Å². The van der Waals surface area contributed by atoms with Gasteiger partial charge in [0.05, 0.1) is 12.2 Å². The Morgan fingerprint density at radius 2 is 2.30 bits per heavy atom. The third kappa shape index (κ3) is 1.50. The fourth-order valence-electron chi connectivity index (χ4n) is 1.43. The Morgan fingerprint density at radius 1 is 1.50 bits per heavy atom. The molecule has 1 aliphatic rings. The summed E-state index contributed by atoms with van der Waals surface area (Å²) in [6, 6.07) is 0. The topological polar surface area (TPSA) is 29.5 Å². The number of hydrogen-bond acceptors (Lipinski definition) is 2. The normalized spacial score (nSPS) is 34.2. The summed E-state index contributed by atoms with van der Waals surface area (Å²) in [5.41, 5.74) is -0.182. The van der Waals surface area contributed by atoms with Crippen LogP contribution in [0.4, 0.5) is 0 Å². The summed E-state index contributed by atoms with van der Waals surface area (Å²) in [7, 11) is 0. The van der Waals surface area contributed by atoms with Crippen LogP contribution in [0.25, 0.3) is 0 Å². The first-order valence-corrected chi connectivity index (χ1v) is 4.08. The quantitative estimate of drug-likeness (QED) is 0.633. The van der Waals surface area contributed by atoms with E-state index in [4.69, 9.17) is 9.84 Å². The molecule has 1 aliphatic heterocycles. The lowest BCUT2D eigenvalue weighted by Crippen LogP contribution is -2.39. The second-order valence-electron chi connectivity index (χ2n) is 3.00. The molecule has 2 heteroatoms. The van der Waals surface area contributed by atoms with Crippen molar-refractivity contribution in [3.8, 4) is 0 Å². The molecule has 0 radical (unpaired) electrons. The van der Waals surface area contributed by atoms with E-state index in [1.54, 1.807) is 0 Å². The largest absolute Gasteiger partial charge is 0.393 e. The SMILES string of the molecule is CCC1(CO)CCCCO1. The van der Waals surface area contributed by atoms with Gasteiger partial charge in [-0.1, -0.05) is 6.92 Å². The predicted molar refractivity (Wildman–Crippen MR) is 39.9 cm³/mol. The van der Waals surface area contributed by atoms with Crippen LogP contribution in [0.2, 0.25) is 0 Å². The van der Waals surface area contributed by atoms with E-state index in [-0.39, 0.29) is 12.2 Å². The molecule has 2 nitrogen and oxygen atoms in total. The summed E-state index contributed by atoms with van der Waals surface area (Å²) >= 11 is 0. The van der Waals surface area contributed by atoms with Gasteiger partial charge in [0.15, 0.2) is 0 Å². The molecule has 0 aromatic carbocycles. The Hall–Kier alpha value is -0.0800. The molecular formula is C8H16O2. The van der Waals surface area contributed by atoms with Crippen molar-refractivity contribution in [3.05, 3.63) is 0 Å². The van der Waals surface area contributed by atoms with Gasteiger partial charge in [-0.3, -0.25) is 0 Å². The zero-order chi connectivity index (χ0) is 7.45. The molecule has 1 heterocycles. The highest BCUT2D eigenvalue weighted by molar-refractivity contribution is 4.80. The third-order valence-corrected chi connectivity index (χ3v) is 2.37. The van der Waals surface area contributed by atoms with Crippen LogP contribution < -0.4 is 0 Å². The minimum atomic E-state index is -0.182. The Bertz CT molecular complexity index is 89.4. The summed E-state index contributed by atoms with van der Waals surface area (Å²) < 4.78 is 5.51. The van der Waals surface area contributed by atoms with Gasteiger partial charge in [-0.15, -0.1) is 0 Å². The molecule has 10 heavy (non-hydrogen) atoms. The molecule has 0 bridgehead atoms. The minimum absolute atomic E-state index is 0.182. The van der Waals surface area contributed by atoms with Crippen LogP contribution in [0, 0.1) is 0 Å². The molecule has 1 fully saturated rings. The van der Waals surface area contributed by atoms with Gasteiger partial charge in [-0.25, -0.2) is 0 Å². The van der Waals surface area contributed by atoms with Crippen LogP contribution in [-0.2, 0) is 4.74 Å². The van der Waals surface area contributed by atoms with Gasteiger partial charge in [0.25, 0.3) is 0 Å². The van der Waals surface area contributed by atoms with Gasteiger partial charge in [0.2, 0.25) is 0 Å². The number of rotatable bonds is 2. The van der Waals surface area contributed by atoms with Crippen molar-refractivity contribution >= 4 is 0 Å². The average Bonchev–Trinajstić information content (AvgIpc) is 2.06. The molecule has 0 spiro atoms. The maximum atomic E-state index is 9.02. The highest BCUT2D eigenvalue weighted by atomic mass is 16.5. The molecule has 1 N–H and O–H groups in total. The highest BCUT2D eigenvalue weighted by Crippen LogP contribution is 2.27. The first-order valence-electron chi connectivity index (χ1n) is 4.08. The van der Waals surface area contributed by atoms with Crippen LogP contribution in [0.15, 0.2) is 0 Å². The first-order chi connectivity index (χ1) is 4.83. The molecular weight excluding hydrogens is 128 g/mol. The molecule has 0 amide bonds. The predicted octanol–water partition coefficient (Wildman–Crippen LogP) is 1.33. The summed E-state index contributed by atoms with van der Waals surface area (Å²) in [6.45, 7) is 3.08. The van der Waals surface area contributed by atoms with Crippen molar-refractivity contribution in [2.45, 2.75) is 38.2 Å². The van der Waals surface area contributed by atoms with Crippen LogP contribution in [0.5, 0.6) is 0 Å². The molecule has 0 aromatic heterocycles. The molecule has 1 atom stereocenters. The van der Waals surface area contributed by atoms with Gasteiger partial charge in [0.1, 0.15) is 0 Å². The monoisotopic (exact) mass is 144 g/mol. The van der Waals surface area contributed by atoms with Crippen molar-refractivity contribution in [1.82, 2.24) is 0 Å². The zero-order valence-electron chi connectivity index (χ0n) is 6.60. The molecule has 1 rings (SSSR count). The van der Waals surface area contributed by atoms with Crippen molar-refractivity contribution in [2.24, 2.45) is 0 Å². The summed E-state index contributed by atoms with van der Waals surface area (Å²) in [4.78, 5) is 0. The number of ether oxygens (including phenoxy) is 1. The standard InChI is InChI=1S/C8H16O2/c1-2-8(7-9)5-3-4-6-10-8/h9H,2-7H2,1H3. The van der Waals surface area contributed by atoms with Crippen LogP contribution in [-0.4, -0.2) is 23.9 Å². The number of hydrogen-bond donors (Lipinski definition) is 1. The van der Waals surface area contributed by atoms with E-state index in [2.05, 4.69) is 6.92 Å². The lowest BCUT2D eigenvalue weighted by Gasteiger charge is -2.34. The van der Waals surface area contributed by atoms with Crippen LogP contribution in [0.1, 0.15) is 32.6 Å². The Morgan fingerprint density at radius 3 is 2.60 bits per heavy atom. The highest BCUT2D eigenvalue weighted by Gasteiger charge is 2.29. The lowest BCUT2D eigenvalue weighted by atomic mass is 9.92. The molecule has 1 saturated heterocycles. The van der Waals surface area contributed by atoms with Gasteiger partial charge in [0, 0.05) is 6.61 Å². The van der Waals surface area contributed by atoms with Crippen LogP contribution in [0.3, 0.4) is 0 Å². The fraction of sp³-hybridized carbons (Fsp3) is 1.00. The Labute approximate surface area is 62.2 Å². The minimum Gasteiger partial charge on any atom is -0.393 e. The fourth-order valence-corrected chi connectivity index (χ4v) is 1.43. The van der Waals surface area contributed by atoms with Gasteiger partial charge in [-0.05, 0) is 25.7 Å². The lowest BCUT2D eigenvalue weighted by molar-refractivity contribution is -0.109. The summed E-state index contributed by atoms with van der Waals surface area (Å²) in [6.07, 6.45) is 4.32. The van der Waals surface area contributed by atoms with E-state index >= 15 is 0 Å². The van der Waals surface area contributed by atoms with E-state index in [1.165, 1.54) is 6.42 Å². The number of aliphatic hydroxyl groups is 1. The van der Waals surface area contributed by atoms with Gasteiger partial charge < -0.3 is 9.84 Å². The molecule has 0 saturated carbocycles. The third-order valence-electron chi connectivity index (χ3n) is 2.37. The van der Waals surface area contributed by atoms with Crippen LogP contribution >= 0.6 is 0 Å². The van der Waals surface area contributed by atoms with Gasteiger partial charge >= 0.3 is 0 Å². The summed E-state index contributed by atoms with van der Waals surface area (Å²) in [5.74, 6) is 0. The van der Waals surface area contributed by atoms with Crippen molar-refractivity contribution in [3.63, 3.8) is 0 Å². The second kappa shape index (κ2) is 3.35. The Balaban J connectivity index is 2.44. The van der Waals surface area contributed by atoms with E-state index in [0.29, 0.717) is 0 Å². The van der Waals surface area contributed by atoms with Crippen molar-refractivity contribution in [1.29, 1.82) is 0 Å². The second-order valence-corrected chi connectivity index (χ2v) is 3.00. The molecule has 0 aliphatic carbocycles. The van der Waals surface area contributed by atoms with E-state index in [0.717, 1.165) is 25.9 Å². The molecule has 0 aromatic rings. The van der Waals surface area contributed by atoms with E-state index in [9.17, 15) is 0 Å². The first kappa shape index (κ1) is 8.02. The summed E-state index contributed by atoms with van der Waals surface area (Å²) in [5, 5.41) is 9.02. The molecule has 1 unspecified atom stereocenters. The van der Waals surface area contributed by atoms with Crippen molar-refractivity contribution in [2.75, 3.05) is 13.2 Å². The molecule has 60 valence electrons. The maximum Gasteiger partial charge on any atom is 0.0909 e. The smallest absolute Gasteiger partial charge is 0.0909 e. The van der Waals surface area contributed by atoms with E-state index < -0.39 is 0 Å². The Kier molecular flexibility index (Phi) is 2.69.